The average Bonchev–Trinajstić information content (AvgIpc) is 2.40. The van der Waals surface area contributed by atoms with Crippen LogP contribution in [0, 0.1) is 0 Å². The Bertz CT molecular complexity index is 630. The van der Waals surface area contributed by atoms with Crippen LogP contribution in [-0.4, -0.2) is 26.1 Å². The van der Waals surface area contributed by atoms with Crippen molar-refractivity contribution in [1.82, 2.24) is 15.0 Å². The van der Waals surface area contributed by atoms with Crippen molar-refractivity contribution >= 4 is 51.2 Å². The first-order valence-electron chi connectivity index (χ1n) is 5.94. The van der Waals surface area contributed by atoms with Gasteiger partial charge in [-0.1, -0.05) is 27.7 Å². The van der Waals surface area contributed by atoms with E-state index in [9.17, 15) is 4.79 Å². The smallest absolute Gasteiger partial charge is 0.237 e. The molecule has 0 aliphatic heterocycles. The lowest BCUT2D eigenvalue weighted by molar-refractivity contribution is -0.115. The zero-order chi connectivity index (χ0) is 15.4. The zero-order valence-corrected chi connectivity index (χ0v) is 13.5. The second-order valence-corrected chi connectivity index (χ2v) is 6.31. The molecule has 1 heterocycles. The number of carbonyl (C=O) groups is 1. The molecule has 0 bridgehead atoms. The number of amides is 1. The Kier molecular flexibility index (Phi) is 4.97. The lowest BCUT2D eigenvalue weighted by atomic mass is 10.3. The standard InChI is InChI=1S/C12H13BrN6OS/c1-6(21-12-18-10(14)17-11(15)19-12)9(20)16-8-4-2-7(13)3-5-8/h2-6H,1H3,(H,16,20)(H4,14,15,17,18,19). The molecule has 1 atom stereocenters. The molecule has 1 amide bonds. The molecule has 7 nitrogen and oxygen atoms in total. The van der Waals surface area contributed by atoms with E-state index in [-0.39, 0.29) is 17.8 Å². The van der Waals surface area contributed by atoms with E-state index in [1.54, 1.807) is 19.1 Å². The monoisotopic (exact) mass is 368 g/mol. The van der Waals surface area contributed by atoms with Gasteiger partial charge in [0, 0.05) is 10.2 Å². The SMILES string of the molecule is CC(Sc1nc(N)nc(N)n1)C(=O)Nc1ccc(Br)cc1. The van der Waals surface area contributed by atoms with Gasteiger partial charge in [-0.3, -0.25) is 4.79 Å². The van der Waals surface area contributed by atoms with Crippen molar-refractivity contribution in [3.63, 3.8) is 0 Å². The Balaban J connectivity index is 2.00. The summed E-state index contributed by atoms with van der Waals surface area (Å²) < 4.78 is 0.944. The summed E-state index contributed by atoms with van der Waals surface area (Å²) >= 11 is 4.49. The normalized spacial score (nSPS) is 11.9. The van der Waals surface area contributed by atoms with Crippen LogP contribution in [0.5, 0.6) is 0 Å². The van der Waals surface area contributed by atoms with Crippen molar-refractivity contribution in [3.8, 4) is 0 Å². The number of nitrogens with one attached hydrogen (secondary N) is 1. The van der Waals surface area contributed by atoms with Crippen LogP contribution in [0.2, 0.25) is 0 Å². The van der Waals surface area contributed by atoms with E-state index >= 15 is 0 Å². The van der Waals surface area contributed by atoms with Crippen molar-refractivity contribution in [3.05, 3.63) is 28.7 Å². The van der Waals surface area contributed by atoms with Crippen LogP contribution in [-0.2, 0) is 4.79 Å². The Morgan fingerprint density at radius 1 is 1.19 bits per heavy atom. The number of aromatic nitrogens is 3. The van der Waals surface area contributed by atoms with E-state index in [1.165, 1.54) is 0 Å². The Morgan fingerprint density at radius 2 is 1.76 bits per heavy atom. The predicted octanol–water partition coefficient (Wildman–Crippen LogP) is 1.92. The summed E-state index contributed by atoms with van der Waals surface area (Å²) in [5, 5.41) is 2.71. The van der Waals surface area contributed by atoms with Crippen LogP contribution in [0.3, 0.4) is 0 Å². The fraction of sp³-hybridized carbons (Fsp3) is 0.167. The molecule has 1 aromatic heterocycles. The first-order valence-corrected chi connectivity index (χ1v) is 7.61. The second kappa shape index (κ2) is 6.72. The first-order chi connectivity index (χ1) is 9.94. The highest BCUT2D eigenvalue weighted by molar-refractivity contribution is 9.10. The highest BCUT2D eigenvalue weighted by Crippen LogP contribution is 2.22. The highest BCUT2D eigenvalue weighted by atomic mass is 79.9. The maximum absolute atomic E-state index is 12.1. The van der Waals surface area contributed by atoms with Crippen molar-refractivity contribution in [2.24, 2.45) is 0 Å². The average molecular weight is 369 g/mol. The molecule has 2 rings (SSSR count). The Hall–Kier alpha value is -1.87. The number of benzene rings is 1. The van der Waals surface area contributed by atoms with Crippen molar-refractivity contribution in [2.75, 3.05) is 16.8 Å². The quantitative estimate of drug-likeness (QED) is 0.704. The molecule has 0 aliphatic carbocycles. The summed E-state index contributed by atoms with van der Waals surface area (Å²) in [6.45, 7) is 1.75. The fourth-order valence-corrected chi connectivity index (χ4v) is 2.47. The second-order valence-electron chi connectivity index (χ2n) is 4.09. The van der Waals surface area contributed by atoms with Crippen molar-refractivity contribution < 1.29 is 4.79 Å². The Morgan fingerprint density at radius 3 is 2.33 bits per heavy atom. The third kappa shape index (κ3) is 4.57. The van der Waals surface area contributed by atoms with Gasteiger partial charge in [0.2, 0.25) is 17.8 Å². The molecule has 110 valence electrons. The molecule has 0 saturated heterocycles. The van der Waals surface area contributed by atoms with Crippen LogP contribution in [0.15, 0.2) is 33.9 Å². The number of hydrogen-bond acceptors (Lipinski definition) is 7. The largest absolute Gasteiger partial charge is 0.368 e. The summed E-state index contributed by atoms with van der Waals surface area (Å²) in [4.78, 5) is 23.6. The third-order valence-electron chi connectivity index (χ3n) is 2.41. The van der Waals surface area contributed by atoms with E-state index in [0.29, 0.717) is 10.8 Å². The van der Waals surface area contributed by atoms with Crippen LogP contribution < -0.4 is 16.8 Å². The van der Waals surface area contributed by atoms with E-state index in [1.807, 2.05) is 12.1 Å². The number of nitrogens with two attached hydrogens (primary N) is 2. The van der Waals surface area contributed by atoms with Crippen molar-refractivity contribution in [2.45, 2.75) is 17.3 Å². The number of nitrogens with zero attached hydrogens (tertiary/aromatic N) is 3. The molecular formula is C12H13BrN6OS. The van der Waals surface area contributed by atoms with Gasteiger partial charge in [-0.2, -0.15) is 15.0 Å². The topological polar surface area (TPSA) is 120 Å². The van der Waals surface area contributed by atoms with E-state index in [2.05, 4.69) is 36.2 Å². The number of halogens is 1. The van der Waals surface area contributed by atoms with Gasteiger partial charge in [-0.25, -0.2) is 0 Å². The molecule has 0 aliphatic rings. The molecule has 1 aromatic carbocycles. The van der Waals surface area contributed by atoms with Crippen LogP contribution in [0.4, 0.5) is 17.6 Å². The molecule has 0 spiro atoms. The minimum Gasteiger partial charge on any atom is -0.368 e. The van der Waals surface area contributed by atoms with Crippen molar-refractivity contribution in [1.29, 1.82) is 0 Å². The number of nitrogen functional groups attached to an aromatic ring is 2. The maximum atomic E-state index is 12.1. The molecule has 0 fully saturated rings. The summed E-state index contributed by atoms with van der Waals surface area (Å²) in [5.41, 5.74) is 11.7. The summed E-state index contributed by atoms with van der Waals surface area (Å²) in [6.07, 6.45) is 0. The minimum absolute atomic E-state index is 0.0329. The van der Waals surface area contributed by atoms with Crippen LogP contribution in [0.25, 0.3) is 0 Å². The summed E-state index contributed by atoms with van der Waals surface area (Å²) in [5.74, 6) is -0.101. The van der Waals surface area contributed by atoms with Crippen LogP contribution >= 0.6 is 27.7 Å². The zero-order valence-electron chi connectivity index (χ0n) is 11.1. The summed E-state index contributed by atoms with van der Waals surface area (Å²) in [6, 6.07) is 7.30. The Labute approximate surface area is 134 Å². The van der Waals surface area contributed by atoms with E-state index in [4.69, 9.17) is 11.5 Å². The molecule has 21 heavy (non-hydrogen) atoms. The van der Waals surface area contributed by atoms with E-state index < -0.39 is 5.25 Å². The molecule has 5 N–H and O–H groups in total. The number of hydrogen-bond donors (Lipinski definition) is 3. The molecular weight excluding hydrogens is 356 g/mol. The van der Waals surface area contributed by atoms with E-state index in [0.717, 1.165) is 16.2 Å². The maximum Gasteiger partial charge on any atom is 0.237 e. The molecule has 0 radical (unpaired) electrons. The lowest BCUT2D eigenvalue weighted by Gasteiger charge is -2.11. The van der Waals surface area contributed by atoms with Gasteiger partial charge in [0.05, 0.1) is 5.25 Å². The van der Waals surface area contributed by atoms with Gasteiger partial charge < -0.3 is 16.8 Å². The van der Waals surface area contributed by atoms with Gasteiger partial charge in [-0.05, 0) is 31.2 Å². The van der Waals surface area contributed by atoms with Crippen LogP contribution in [0.1, 0.15) is 6.92 Å². The van der Waals surface area contributed by atoms with Gasteiger partial charge in [0.15, 0.2) is 5.16 Å². The van der Waals surface area contributed by atoms with Gasteiger partial charge in [-0.15, -0.1) is 0 Å². The molecule has 2 aromatic rings. The number of anilines is 3. The fourth-order valence-electron chi connectivity index (χ4n) is 1.43. The van der Waals surface area contributed by atoms with Gasteiger partial charge >= 0.3 is 0 Å². The number of carbonyl (C=O) groups excluding carboxylic acids is 1. The minimum atomic E-state index is -0.408. The van der Waals surface area contributed by atoms with Gasteiger partial charge in [0.25, 0.3) is 0 Å². The molecule has 1 unspecified atom stereocenters. The number of thioether (sulfide) groups is 1. The third-order valence-corrected chi connectivity index (χ3v) is 3.90. The molecule has 9 heteroatoms. The lowest BCUT2D eigenvalue weighted by Crippen LogP contribution is -2.22. The highest BCUT2D eigenvalue weighted by Gasteiger charge is 2.17. The number of rotatable bonds is 4. The predicted molar refractivity (Wildman–Crippen MR) is 86.7 cm³/mol. The summed E-state index contributed by atoms with van der Waals surface area (Å²) in [7, 11) is 0. The first kappa shape index (κ1) is 15.5. The van der Waals surface area contributed by atoms with Gasteiger partial charge in [0.1, 0.15) is 0 Å². The molecule has 0 saturated carbocycles.